The molecule has 2 heterocycles. The molecule has 10 atom stereocenters. The first-order valence-electron chi connectivity index (χ1n) is 23.8. The molecule has 5 aromatic rings. The molecule has 6 aliphatic carbocycles. The van der Waals surface area contributed by atoms with E-state index in [1.54, 1.807) is 5.56 Å². The first-order valence-corrected chi connectivity index (χ1v) is 23.8. The highest BCUT2D eigenvalue weighted by Crippen LogP contribution is 2.60. The number of benzene rings is 5. The largest absolute Gasteiger partial charge is 0.354 e. The number of hydrogen-bond donors (Lipinski definition) is 2. The summed E-state index contributed by atoms with van der Waals surface area (Å²) in [5, 5.41) is 13.6. The van der Waals surface area contributed by atoms with Crippen LogP contribution in [0.5, 0.6) is 0 Å². The number of fused-ring (bicyclic) bond motifs is 10. The van der Waals surface area contributed by atoms with Crippen molar-refractivity contribution in [1.29, 1.82) is 0 Å². The summed E-state index contributed by atoms with van der Waals surface area (Å²) in [6, 6.07) is 38.0. The number of nitrogens with zero attached hydrogens (tertiary/aromatic N) is 2. The Bertz CT molecular complexity index is 2830. The van der Waals surface area contributed by atoms with E-state index in [1.165, 1.54) is 79.4 Å². The number of amidine groups is 1. The van der Waals surface area contributed by atoms with Gasteiger partial charge in [-0.1, -0.05) is 152 Å². The molecule has 0 radical (unpaired) electrons. The molecule has 4 heteroatoms. The second kappa shape index (κ2) is 15.0. The van der Waals surface area contributed by atoms with E-state index >= 15 is 0 Å². The van der Waals surface area contributed by atoms with E-state index in [0.717, 1.165) is 44.9 Å². The van der Waals surface area contributed by atoms with Gasteiger partial charge in [-0.05, 0) is 137 Å². The second-order valence-corrected chi connectivity index (χ2v) is 19.4. The minimum atomic E-state index is -0.0590. The zero-order chi connectivity index (χ0) is 40.7. The summed E-state index contributed by atoms with van der Waals surface area (Å²) >= 11 is 0. The van der Waals surface area contributed by atoms with Crippen LogP contribution in [-0.4, -0.2) is 18.0 Å². The molecule has 10 unspecified atom stereocenters. The third-order valence-corrected chi connectivity index (χ3v) is 16.2. The van der Waals surface area contributed by atoms with Crippen LogP contribution >= 0.6 is 0 Å². The van der Waals surface area contributed by atoms with Crippen molar-refractivity contribution >= 4 is 33.1 Å². The molecule has 2 N–H and O–H groups in total. The smallest absolute Gasteiger partial charge is 0.125 e. The van der Waals surface area contributed by atoms with Gasteiger partial charge in [-0.25, -0.2) is 4.99 Å². The molecular formula is C58H56N4. The van der Waals surface area contributed by atoms with Crippen molar-refractivity contribution in [2.45, 2.75) is 93.9 Å². The van der Waals surface area contributed by atoms with Gasteiger partial charge in [0.2, 0.25) is 0 Å². The standard InChI is InChI=1S/C58H56N4/c1-3-17-38(18-4-1)56-59-57(39-19-5-2-6-20-39)61-58(60-56)47-30-27-36-15-10-12-24-44(36)54(47)55-45-31-29-42(35-49(45)48-33-40-21-7-8-22-41(40)34-50(48)55)62-51-26-14-13-25-46(51)53-43-23-11-9-16-37(43)28-32-52(53)62/h1-3,5,7-8,10-15,17,21-28,30,32-35,37,39,43,45,49,52-53,55-56,58,60H,4,6,9,16,18-20,29,31H2,(H,59,61). The molecule has 308 valence electrons. The Morgan fingerprint density at radius 1 is 0.661 bits per heavy atom. The Kier molecular flexibility index (Phi) is 8.92. The van der Waals surface area contributed by atoms with E-state index in [0.29, 0.717) is 41.5 Å². The zero-order valence-corrected chi connectivity index (χ0v) is 35.5. The van der Waals surface area contributed by atoms with Gasteiger partial charge < -0.3 is 10.2 Å². The summed E-state index contributed by atoms with van der Waals surface area (Å²) in [5.74, 6) is 4.32. The fraction of sp³-hybridized carbons (Fsp3) is 0.328. The highest BCUT2D eigenvalue weighted by atomic mass is 15.3. The van der Waals surface area contributed by atoms with Crippen molar-refractivity contribution in [3.8, 4) is 0 Å². The maximum atomic E-state index is 5.48. The number of aliphatic imine (C=N–C) groups is 1. The number of allylic oxidation sites excluding steroid dienone is 10. The number of anilines is 1. The molecule has 0 saturated carbocycles. The maximum absolute atomic E-state index is 5.48. The lowest BCUT2D eigenvalue weighted by Gasteiger charge is -2.41. The Labute approximate surface area is 366 Å². The van der Waals surface area contributed by atoms with Gasteiger partial charge in [-0.2, -0.15) is 0 Å². The summed E-state index contributed by atoms with van der Waals surface area (Å²) < 4.78 is 0. The molecule has 0 fully saturated rings. The van der Waals surface area contributed by atoms with Crippen LogP contribution in [0.1, 0.15) is 110 Å². The third kappa shape index (κ3) is 5.93. The zero-order valence-electron chi connectivity index (χ0n) is 35.5. The average Bonchev–Trinajstić information content (AvgIpc) is 3.85. The van der Waals surface area contributed by atoms with E-state index in [2.05, 4.69) is 173 Å². The summed E-state index contributed by atoms with van der Waals surface area (Å²) in [4.78, 5) is 8.27. The van der Waals surface area contributed by atoms with Crippen molar-refractivity contribution in [3.05, 3.63) is 197 Å². The molecule has 2 aliphatic heterocycles. The van der Waals surface area contributed by atoms with Crippen LogP contribution in [0.4, 0.5) is 5.69 Å². The van der Waals surface area contributed by atoms with E-state index in [4.69, 9.17) is 4.99 Å². The quantitative estimate of drug-likeness (QED) is 0.174. The van der Waals surface area contributed by atoms with Gasteiger partial charge in [0, 0.05) is 35.1 Å². The molecule has 8 aliphatic rings. The fourth-order valence-corrected chi connectivity index (χ4v) is 13.4. The number of para-hydroxylation sites is 1. The average molecular weight is 809 g/mol. The lowest BCUT2D eigenvalue weighted by Crippen LogP contribution is -2.51. The first-order chi connectivity index (χ1) is 30.7. The lowest BCUT2D eigenvalue weighted by atomic mass is 9.68. The van der Waals surface area contributed by atoms with Crippen LogP contribution in [-0.2, 0) is 0 Å². The third-order valence-electron chi connectivity index (χ3n) is 16.2. The van der Waals surface area contributed by atoms with Crippen LogP contribution < -0.4 is 15.5 Å². The fourth-order valence-electron chi connectivity index (χ4n) is 13.4. The monoisotopic (exact) mass is 808 g/mol. The molecule has 0 amide bonds. The van der Waals surface area contributed by atoms with Crippen LogP contribution in [0.3, 0.4) is 0 Å². The number of rotatable bonds is 5. The highest BCUT2D eigenvalue weighted by molar-refractivity contribution is 5.91. The van der Waals surface area contributed by atoms with Gasteiger partial charge in [-0.3, -0.25) is 5.32 Å². The molecule has 4 nitrogen and oxygen atoms in total. The maximum Gasteiger partial charge on any atom is 0.125 e. The molecule has 0 spiro atoms. The van der Waals surface area contributed by atoms with Crippen molar-refractivity contribution in [1.82, 2.24) is 10.6 Å². The van der Waals surface area contributed by atoms with E-state index in [-0.39, 0.29) is 18.2 Å². The topological polar surface area (TPSA) is 39.7 Å². The van der Waals surface area contributed by atoms with Crippen LogP contribution in [0.2, 0.25) is 0 Å². The number of hydrogen-bond acceptors (Lipinski definition) is 4. The second-order valence-electron chi connectivity index (χ2n) is 19.4. The van der Waals surface area contributed by atoms with Crippen LogP contribution in [0.15, 0.2) is 174 Å². The Morgan fingerprint density at radius 2 is 1.50 bits per heavy atom. The van der Waals surface area contributed by atoms with Gasteiger partial charge in [0.05, 0.1) is 6.04 Å². The van der Waals surface area contributed by atoms with E-state index in [1.807, 2.05) is 0 Å². The molecule has 13 rings (SSSR count). The molecule has 0 saturated heterocycles. The normalized spacial score (nSPS) is 31.7. The summed E-state index contributed by atoms with van der Waals surface area (Å²) in [5.41, 5.74) is 11.8. The van der Waals surface area contributed by atoms with Crippen molar-refractivity contribution in [2.75, 3.05) is 4.90 Å². The van der Waals surface area contributed by atoms with E-state index < -0.39 is 0 Å². The van der Waals surface area contributed by atoms with Crippen LogP contribution in [0, 0.1) is 23.7 Å². The molecule has 5 aromatic carbocycles. The molecule has 0 bridgehead atoms. The van der Waals surface area contributed by atoms with Gasteiger partial charge in [0.25, 0.3) is 0 Å². The summed E-state index contributed by atoms with van der Waals surface area (Å²) in [6.45, 7) is 0. The molecular weight excluding hydrogens is 753 g/mol. The molecule has 0 aromatic heterocycles. The Balaban J connectivity index is 0.959. The first kappa shape index (κ1) is 36.9. The van der Waals surface area contributed by atoms with Crippen molar-refractivity contribution in [3.63, 3.8) is 0 Å². The minimum absolute atomic E-state index is 0.0421. The van der Waals surface area contributed by atoms with Crippen molar-refractivity contribution < 1.29 is 0 Å². The van der Waals surface area contributed by atoms with Gasteiger partial charge in [-0.15, -0.1) is 0 Å². The van der Waals surface area contributed by atoms with Crippen LogP contribution in [0.25, 0.3) is 21.5 Å². The SMILES string of the molecule is C1=CCCC(C2N=C(C3CC=CCC3)NC(c3ccc4ccccc4c3C3c4cc5ccccc5cc4C4C=C(N5c6ccccc6C6C7C=CCCC7C=CC65)CCC43)N2)=C1. The summed E-state index contributed by atoms with van der Waals surface area (Å²) in [7, 11) is 0. The van der Waals surface area contributed by atoms with Crippen molar-refractivity contribution in [2.24, 2.45) is 28.7 Å². The minimum Gasteiger partial charge on any atom is -0.354 e. The predicted octanol–water partition coefficient (Wildman–Crippen LogP) is 13.2. The lowest BCUT2D eigenvalue weighted by molar-refractivity contribution is 0.332. The summed E-state index contributed by atoms with van der Waals surface area (Å²) in [6.07, 6.45) is 34.5. The van der Waals surface area contributed by atoms with Gasteiger partial charge in [0.1, 0.15) is 18.2 Å². The van der Waals surface area contributed by atoms with Gasteiger partial charge in [0.15, 0.2) is 0 Å². The highest BCUT2D eigenvalue weighted by Gasteiger charge is 2.49. The van der Waals surface area contributed by atoms with Gasteiger partial charge >= 0.3 is 0 Å². The number of nitrogens with one attached hydrogen (secondary N) is 2. The Morgan fingerprint density at radius 3 is 2.37 bits per heavy atom. The Hall–Kier alpha value is -5.71. The molecule has 62 heavy (non-hydrogen) atoms. The predicted molar refractivity (Wildman–Crippen MR) is 256 cm³/mol. The van der Waals surface area contributed by atoms with E-state index in [9.17, 15) is 0 Å².